The average molecular weight is 288 g/mol. The first kappa shape index (κ1) is 14.4. The molecule has 1 unspecified atom stereocenters. The predicted octanol–water partition coefficient (Wildman–Crippen LogP) is 2.07. The van der Waals surface area contributed by atoms with Gasteiger partial charge in [0.15, 0.2) is 0 Å². The number of rotatable bonds is 3. The van der Waals surface area contributed by atoms with Crippen molar-refractivity contribution in [1.29, 1.82) is 0 Å². The molecule has 4 nitrogen and oxygen atoms in total. The van der Waals surface area contributed by atoms with Crippen LogP contribution < -0.4 is 10.5 Å². The normalized spacial score (nSPS) is 24.3. The largest absolute Gasteiger partial charge is 0.497 e. The minimum atomic E-state index is -0.362. The van der Waals surface area contributed by atoms with Crippen molar-refractivity contribution >= 4 is 5.91 Å². The minimum absolute atomic E-state index is 0.137. The zero-order chi connectivity index (χ0) is 14.9. The number of carbonyl (C=O) groups is 1. The number of amides is 1. The lowest BCUT2D eigenvalue weighted by Gasteiger charge is -2.33. The Kier molecular flexibility index (Phi) is 3.89. The van der Waals surface area contributed by atoms with Gasteiger partial charge in [-0.2, -0.15) is 0 Å². The van der Waals surface area contributed by atoms with E-state index < -0.39 is 0 Å². The number of ether oxygens (including phenoxy) is 1. The Morgan fingerprint density at radius 1 is 1.38 bits per heavy atom. The molecule has 1 saturated carbocycles. The topological polar surface area (TPSA) is 55.6 Å². The van der Waals surface area contributed by atoms with Crippen molar-refractivity contribution in [2.75, 3.05) is 20.2 Å². The lowest BCUT2D eigenvalue weighted by molar-refractivity contribution is -0.136. The summed E-state index contributed by atoms with van der Waals surface area (Å²) in [7, 11) is 1.67. The minimum Gasteiger partial charge on any atom is -0.497 e. The molecule has 114 valence electrons. The number of hydrogen-bond acceptors (Lipinski definition) is 3. The highest BCUT2D eigenvalue weighted by molar-refractivity contribution is 5.89. The van der Waals surface area contributed by atoms with Gasteiger partial charge in [-0.3, -0.25) is 4.79 Å². The Balaban J connectivity index is 1.93. The zero-order valence-electron chi connectivity index (χ0n) is 12.7. The molecule has 21 heavy (non-hydrogen) atoms. The highest BCUT2D eigenvalue weighted by Gasteiger charge is 2.46. The molecule has 2 N–H and O–H groups in total. The van der Waals surface area contributed by atoms with Gasteiger partial charge in [-0.1, -0.05) is 25.0 Å². The summed E-state index contributed by atoms with van der Waals surface area (Å²) in [5.41, 5.74) is 6.71. The number of hydrogen-bond donors (Lipinski definition) is 1. The molecule has 2 fully saturated rings. The maximum absolute atomic E-state index is 13.1. The van der Waals surface area contributed by atoms with Crippen LogP contribution in [-0.2, 0) is 10.2 Å². The van der Waals surface area contributed by atoms with Gasteiger partial charge in [0.1, 0.15) is 5.75 Å². The fourth-order valence-electron chi connectivity index (χ4n) is 3.80. The van der Waals surface area contributed by atoms with Gasteiger partial charge in [0.05, 0.1) is 12.5 Å². The molecule has 1 amide bonds. The molecule has 1 saturated heterocycles. The average Bonchev–Trinajstić information content (AvgIpc) is 3.16. The monoisotopic (exact) mass is 288 g/mol. The molecule has 1 aromatic rings. The van der Waals surface area contributed by atoms with Crippen molar-refractivity contribution < 1.29 is 9.53 Å². The fourth-order valence-corrected chi connectivity index (χ4v) is 3.80. The second-order valence-electron chi connectivity index (χ2n) is 6.32. The first-order valence-electron chi connectivity index (χ1n) is 7.85. The van der Waals surface area contributed by atoms with Crippen molar-refractivity contribution in [1.82, 2.24) is 4.90 Å². The summed E-state index contributed by atoms with van der Waals surface area (Å²) in [5.74, 6) is 1.09. The third-order valence-corrected chi connectivity index (χ3v) is 5.00. The molecule has 0 radical (unpaired) electrons. The van der Waals surface area contributed by atoms with Crippen LogP contribution in [0.2, 0.25) is 0 Å². The van der Waals surface area contributed by atoms with Gasteiger partial charge in [0, 0.05) is 19.1 Å². The van der Waals surface area contributed by atoms with Gasteiger partial charge in [0.25, 0.3) is 0 Å². The molecule has 1 aliphatic carbocycles. The molecule has 2 aliphatic rings. The van der Waals surface area contributed by atoms with E-state index in [0.717, 1.165) is 50.0 Å². The van der Waals surface area contributed by atoms with Crippen molar-refractivity contribution in [3.8, 4) is 5.75 Å². The Morgan fingerprint density at radius 2 is 2.14 bits per heavy atom. The van der Waals surface area contributed by atoms with Crippen LogP contribution in [0, 0.1) is 0 Å². The highest BCUT2D eigenvalue weighted by atomic mass is 16.5. The van der Waals surface area contributed by atoms with E-state index in [0.29, 0.717) is 6.54 Å². The SMILES string of the molecule is COc1cccc(C2(C(=O)N3CCC(N)C3)CCCC2)c1. The summed E-state index contributed by atoms with van der Waals surface area (Å²) in [6.45, 7) is 1.50. The molecular weight excluding hydrogens is 264 g/mol. The molecule has 1 aliphatic heterocycles. The maximum Gasteiger partial charge on any atom is 0.233 e. The fraction of sp³-hybridized carbons (Fsp3) is 0.588. The molecule has 0 bridgehead atoms. The second kappa shape index (κ2) is 5.68. The number of carbonyl (C=O) groups excluding carboxylic acids is 1. The zero-order valence-corrected chi connectivity index (χ0v) is 12.7. The van der Waals surface area contributed by atoms with E-state index in [9.17, 15) is 4.79 Å². The lowest BCUT2D eigenvalue weighted by Crippen LogP contribution is -2.45. The van der Waals surface area contributed by atoms with Crippen LogP contribution in [0.1, 0.15) is 37.7 Å². The standard InChI is InChI=1S/C17H24N2O2/c1-21-15-6-4-5-13(11-15)17(8-2-3-9-17)16(20)19-10-7-14(18)12-19/h4-6,11,14H,2-3,7-10,12,18H2,1H3. The summed E-state index contributed by atoms with van der Waals surface area (Å²) in [6, 6.07) is 8.15. The summed E-state index contributed by atoms with van der Waals surface area (Å²) >= 11 is 0. The third-order valence-electron chi connectivity index (χ3n) is 5.00. The van der Waals surface area contributed by atoms with E-state index in [1.165, 1.54) is 0 Å². The number of nitrogens with zero attached hydrogens (tertiary/aromatic N) is 1. The van der Waals surface area contributed by atoms with Crippen LogP contribution in [-0.4, -0.2) is 37.0 Å². The van der Waals surface area contributed by atoms with Gasteiger partial charge in [0.2, 0.25) is 5.91 Å². The molecule has 1 atom stereocenters. The van der Waals surface area contributed by atoms with Crippen LogP contribution in [0.5, 0.6) is 5.75 Å². The van der Waals surface area contributed by atoms with E-state index in [4.69, 9.17) is 10.5 Å². The second-order valence-corrected chi connectivity index (χ2v) is 6.32. The van der Waals surface area contributed by atoms with Gasteiger partial charge in [-0.25, -0.2) is 0 Å². The summed E-state index contributed by atoms with van der Waals surface area (Å²) in [4.78, 5) is 15.1. The van der Waals surface area contributed by atoms with Crippen LogP contribution in [0.15, 0.2) is 24.3 Å². The number of likely N-dealkylation sites (tertiary alicyclic amines) is 1. The summed E-state index contributed by atoms with van der Waals surface area (Å²) in [6.07, 6.45) is 5.01. The van der Waals surface area contributed by atoms with Crippen LogP contribution >= 0.6 is 0 Å². The van der Waals surface area contributed by atoms with Crippen molar-refractivity contribution in [2.24, 2.45) is 5.73 Å². The lowest BCUT2D eigenvalue weighted by atomic mass is 9.77. The van der Waals surface area contributed by atoms with Crippen LogP contribution in [0.25, 0.3) is 0 Å². The van der Waals surface area contributed by atoms with E-state index in [1.807, 2.05) is 23.1 Å². The Hall–Kier alpha value is -1.55. The Morgan fingerprint density at radius 3 is 2.76 bits per heavy atom. The molecule has 0 aromatic heterocycles. The Bertz CT molecular complexity index is 523. The molecule has 3 rings (SSSR count). The van der Waals surface area contributed by atoms with Gasteiger partial charge >= 0.3 is 0 Å². The number of benzene rings is 1. The van der Waals surface area contributed by atoms with Crippen LogP contribution in [0.4, 0.5) is 0 Å². The van der Waals surface area contributed by atoms with E-state index in [-0.39, 0.29) is 17.4 Å². The third kappa shape index (κ3) is 2.53. The molecule has 4 heteroatoms. The van der Waals surface area contributed by atoms with E-state index >= 15 is 0 Å². The van der Waals surface area contributed by atoms with Crippen LogP contribution in [0.3, 0.4) is 0 Å². The maximum atomic E-state index is 13.1. The predicted molar refractivity (Wildman–Crippen MR) is 82.3 cm³/mol. The number of nitrogens with two attached hydrogens (primary N) is 1. The van der Waals surface area contributed by atoms with Gasteiger partial charge < -0.3 is 15.4 Å². The quantitative estimate of drug-likeness (QED) is 0.926. The van der Waals surface area contributed by atoms with Crippen molar-refractivity contribution in [3.05, 3.63) is 29.8 Å². The van der Waals surface area contributed by atoms with Gasteiger partial charge in [-0.05, 0) is 37.0 Å². The van der Waals surface area contributed by atoms with E-state index in [1.54, 1.807) is 7.11 Å². The molecule has 0 spiro atoms. The summed E-state index contributed by atoms with van der Waals surface area (Å²) in [5, 5.41) is 0. The van der Waals surface area contributed by atoms with Crippen molar-refractivity contribution in [2.45, 2.75) is 43.6 Å². The Labute approximate surface area is 126 Å². The first-order valence-corrected chi connectivity index (χ1v) is 7.85. The number of methoxy groups -OCH3 is 1. The summed E-state index contributed by atoms with van der Waals surface area (Å²) < 4.78 is 5.34. The molecule has 1 heterocycles. The first-order chi connectivity index (χ1) is 10.2. The smallest absolute Gasteiger partial charge is 0.233 e. The molecule has 1 aromatic carbocycles. The van der Waals surface area contributed by atoms with E-state index in [2.05, 4.69) is 6.07 Å². The van der Waals surface area contributed by atoms with Crippen molar-refractivity contribution in [3.63, 3.8) is 0 Å². The highest BCUT2D eigenvalue weighted by Crippen LogP contribution is 2.43. The molecular formula is C17H24N2O2. The van der Waals surface area contributed by atoms with Gasteiger partial charge in [-0.15, -0.1) is 0 Å².